The summed E-state index contributed by atoms with van der Waals surface area (Å²) in [7, 11) is 5.35. The normalized spacial score (nSPS) is 27.1. The van der Waals surface area contributed by atoms with E-state index in [4.69, 9.17) is 14.6 Å². The van der Waals surface area contributed by atoms with E-state index in [2.05, 4.69) is 16.3 Å². The maximum atomic E-state index is 12.3. The summed E-state index contributed by atoms with van der Waals surface area (Å²) in [6.07, 6.45) is 5.69. The number of carbonyl (C=O) groups excluding carboxylic acids is 1. The molecule has 0 spiro atoms. The van der Waals surface area contributed by atoms with Crippen LogP contribution in [0.3, 0.4) is 0 Å². The van der Waals surface area contributed by atoms with E-state index in [-0.39, 0.29) is 11.8 Å². The highest BCUT2D eigenvalue weighted by molar-refractivity contribution is 5.79. The van der Waals surface area contributed by atoms with E-state index in [1.807, 2.05) is 29.9 Å². The second-order valence-electron chi connectivity index (χ2n) is 9.56. The first kappa shape index (κ1) is 21.3. The summed E-state index contributed by atoms with van der Waals surface area (Å²) in [5, 5.41) is 8.06. The SMILES string of the molecule is COc1ccc(-c2cc([C@@H]3CN4CC[C@H]3C[C@@H]4CNC(=O)C3CCC3)n(C)n2)cc1OC. The molecular formula is C25H34N4O3. The van der Waals surface area contributed by atoms with Gasteiger partial charge in [-0.15, -0.1) is 0 Å². The van der Waals surface area contributed by atoms with E-state index in [9.17, 15) is 4.79 Å². The molecule has 0 radical (unpaired) electrons. The van der Waals surface area contributed by atoms with Crippen LogP contribution in [0.4, 0.5) is 0 Å². The van der Waals surface area contributed by atoms with Crippen LogP contribution in [-0.4, -0.2) is 60.5 Å². The van der Waals surface area contributed by atoms with Gasteiger partial charge in [-0.3, -0.25) is 14.4 Å². The molecular weight excluding hydrogens is 404 g/mol. The zero-order chi connectivity index (χ0) is 22.2. The van der Waals surface area contributed by atoms with Crippen molar-refractivity contribution in [2.75, 3.05) is 33.9 Å². The summed E-state index contributed by atoms with van der Waals surface area (Å²) in [6.45, 7) is 2.96. The fourth-order valence-electron chi connectivity index (χ4n) is 5.68. The molecule has 4 heterocycles. The standard InChI is InChI=1S/C25H34N4O3/c1-28-22(13-21(27-28)18-7-8-23(31-2)24(12-18)32-3)20-15-29-10-9-17(20)11-19(29)14-26-25(30)16-5-4-6-16/h7-8,12-13,16-17,19-20H,4-6,9-11,14-15H2,1-3H3,(H,26,30)/t17-,19+,20+/m0/s1. The highest BCUT2D eigenvalue weighted by atomic mass is 16.5. The van der Waals surface area contributed by atoms with Gasteiger partial charge in [0, 0.05) is 49.3 Å². The van der Waals surface area contributed by atoms with Crippen molar-refractivity contribution in [3.05, 3.63) is 30.0 Å². The number of rotatable bonds is 7. The second-order valence-corrected chi connectivity index (χ2v) is 9.56. The predicted molar refractivity (Wildman–Crippen MR) is 123 cm³/mol. The summed E-state index contributed by atoms with van der Waals surface area (Å²) in [6, 6.07) is 8.65. The van der Waals surface area contributed by atoms with Crippen LogP contribution < -0.4 is 14.8 Å². The molecule has 1 unspecified atom stereocenters. The fourth-order valence-corrected chi connectivity index (χ4v) is 5.68. The molecule has 4 atom stereocenters. The van der Waals surface area contributed by atoms with Gasteiger partial charge in [0.25, 0.3) is 0 Å². The lowest BCUT2D eigenvalue weighted by Gasteiger charge is -2.50. The molecule has 1 N–H and O–H groups in total. The third-order valence-corrected chi connectivity index (χ3v) is 7.84. The Bertz CT molecular complexity index is 984. The molecule has 1 amide bonds. The number of aryl methyl sites for hydroxylation is 1. The lowest BCUT2D eigenvalue weighted by Crippen LogP contribution is -2.56. The van der Waals surface area contributed by atoms with Crippen LogP contribution in [0.5, 0.6) is 11.5 Å². The third-order valence-electron chi connectivity index (χ3n) is 7.84. The number of fused-ring (bicyclic) bond motifs is 3. The number of hydrogen-bond donors (Lipinski definition) is 1. The Balaban J connectivity index is 1.28. The smallest absolute Gasteiger partial charge is 0.223 e. The number of carbonyl (C=O) groups is 1. The summed E-state index contributed by atoms with van der Waals surface area (Å²) in [4.78, 5) is 14.8. The minimum absolute atomic E-state index is 0.265. The molecule has 2 aromatic rings. The van der Waals surface area contributed by atoms with Crippen molar-refractivity contribution < 1.29 is 14.3 Å². The molecule has 7 heteroatoms. The van der Waals surface area contributed by atoms with E-state index < -0.39 is 0 Å². The van der Waals surface area contributed by atoms with Gasteiger partial charge in [0.2, 0.25) is 5.91 Å². The Kier molecular flexibility index (Phi) is 5.84. The van der Waals surface area contributed by atoms with E-state index in [1.165, 1.54) is 18.5 Å². The van der Waals surface area contributed by atoms with Crippen LogP contribution in [0.15, 0.2) is 24.3 Å². The van der Waals surface area contributed by atoms with E-state index in [0.29, 0.717) is 23.6 Å². The van der Waals surface area contributed by atoms with Crippen molar-refractivity contribution in [3.8, 4) is 22.8 Å². The molecule has 172 valence electrons. The highest BCUT2D eigenvalue weighted by Crippen LogP contribution is 2.42. The van der Waals surface area contributed by atoms with Crippen molar-refractivity contribution in [2.45, 2.75) is 44.1 Å². The molecule has 1 saturated carbocycles. The first-order valence-electron chi connectivity index (χ1n) is 11.9. The molecule has 32 heavy (non-hydrogen) atoms. The first-order chi connectivity index (χ1) is 15.6. The minimum Gasteiger partial charge on any atom is -0.493 e. The van der Waals surface area contributed by atoms with Crippen LogP contribution in [0.25, 0.3) is 11.3 Å². The lowest BCUT2D eigenvalue weighted by molar-refractivity contribution is -0.127. The predicted octanol–water partition coefficient (Wildman–Crippen LogP) is 3.20. The Labute approximate surface area is 190 Å². The quantitative estimate of drug-likeness (QED) is 0.719. The molecule has 1 aliphatic carbocycles. The van der Waals surface area contributed by atoms with Crippen LogP contribution >= 0.6 is 0 Å². The number of amides is 1. The van der Waals surface area contributed by atoms with Gasteiger partial charge < -0.3 is 14.8 Å². The Morgan fingerprint density at radius 2 is 1.97 bits per heavy atom. The summed E-state index contributed by atoms with van der Waals surface area (Å²) < 4.78 is 12.9. The number of methoxy groups -OCH3 is 2. The van der Waals surface area contributed by atoms with Crippen molar-refractivity contribution >= 4 is 5.91 Å². The molecule has 4 aliphatic rings. The molecule has 3 aliphatic heterocycles. The molecule has 6 rings (SSSR count). The Hall–Kier alpha value is -2.54. The zero-order valence-corrected chi connectivity index (χ0v) is 19.3. The second kappa shape index (κ2) is 8.77. The number of ether oxygens (including phenoxy) is 2. The first-order valence-corrected chi connectivity index (χ1v) is 11.9. The van der Waals surface area contributed by atoms with Gasteiger partial charge >= 0.3 is 0 Å². The van der Waals surface area contributed by atoms with Gasteiger partial charge in [0.15, 0.2) is 11.5 Å². The van der Waals surface area contributed by atoms with Crippen LogP contribution in [-0.2, 0) is 11.8 Å². The summed E-state index contributed by atoms with van der Waals surface area (Å²) in [5.74, 6) is 3.09. The van der Waals surface area contributed by atoms with Gasteiger partial charge in [-0.1, -0.05) is 6.42 Å². The zero-order valence-electron chi connectivity index (χ0n) is 19.3. The molecule has 7 nitrogen and oxygen atoms in total. The Morgan fingerprint density at radius 3 is 2.62 bits per heavy atom. The topological polar surface area (TPSA) is 68.6 Å². The monoisotopic (exact) mass is 438 g/mol. The summed E-state index contributed by atoms with van der Waals surface area (Å²) in [5.41, 5.74) is 3.29. The Morgan fingerprint density at radius 1 is 1.16 bits per heavy atom. The van der Waals surface area contributed by atoms with Crippen molar-refractivity contribution in [1.82, 2.24) is 20.0 Å². The van der Waals surface area contributed by atoms with E-state index in [0.717, 1.165) is 55.9 Å². The molecule has 2 bridgehead atoms. The lowest BCUT2D eigenvalue weighted by atomic mass is 9.74. The molecule has 1 aromatic heterocycles. The van der Waals surface area contributed by atoms with Crippen LogP contribution in [0, 0.1) is 11.8 Å². The third kappa shape index (κ3) is 3.87. The maximum Gasteiger partial charge on any atom is 0.223 e. The van der Waals surface area contributed by atoms with E-state index in [1.54, 1.807) is 14.2 Å². The van der Waals surface area contributed by atoms with Gasteiger partial charge in [-0.2, -0.15) is 5.10 Å². The number of aromatic nitrogens is 2. The number of hydrogen-bond acceptors (Lipinski definition) is 5. The number of nitrogens with zero attached hydrogens (tertiary/aromatic N) is 3. The van der Waals surface area contributed by atoms with Crippen LogP contribution in [0.1, 0.15) is 43.7 Å². The minimum atomic E-state index is 0.265. The number of nitrogens with one attached hydrogen (secondary N) is 1. The van der Waals surface area contributed by atoms with Crippen molar-refractivity contribution in [2.24, 2.45) is 18.9 Å². The van der Waals surface area contributed by atoms with E-state index >= 15 is 0 Å². The molecule has 3 saturated heterocycles. The van der Waals surface area contributed by atoms with Crippen molar-refractivity contribution in [3.63, 3.8) is 0 Å². The average Bonchev–Trinajstić information content (AvgIpc) is 3.17. The fraction of sp³-hybridized carbons (Fsp3) is 0.600. The van der Waals surface area contributed by atoms with Crippen molar-refractivity contribution in [1.29, 1.82) is 0 Å². The number of piperidine rings is 3. The highest BCUT2D eigenvalue weighted by Gasteiger charge is 2.42. The largest absolute Gasteiger partial charge is 0.493 e. The van der Waals surface area contributed by atoms with Crippen LogP contribution in [0.2, 0.25) is 0 Å². The van der Waals surface area contributed by atoms with Gasteiger partial charge in [0.1, 0.15) is 0 Å². The van der Waals surface area contributed by atoms with Gasteiger partial charge in [-0.25, -0.2) is 0 Å². The molecule has 4 fully saturated rings. The maximum absolute atomic E-state index is 12.3. The average molecular weight is 439 g/mol. The van der Waals surface area contributed by atoms with Gasteiger partial charge in [0.05, 0.1) is 19.9 Å². The molecule has 1 aromatic carbocycles. The van der Waals surface area contributed by atoms with Gasteiger partial charge in [-0.05, 0) is 62.4 Å². The number of benzene rings is 1. The summed E-state index contributed by atoms with van der Waals surface area (Å²) >= 11 is 0.